The van der Waals surface area contributed by atoms with Gasteiger partial charge < -0.3 is 26.2 Å². The molecule has 38 heavy (non-hydrogen) atoms. The lowest BCUT2D eigenvalue weighted by atomic mass is 9.99. The number of piperazine rings is 1. The number of rotatable bonds is 7. The third-order valence-corrected chi connectivity index (χ3v) is 7.80. The van der Waals surface area contributed by atoms with Crippen molar-refractivity contribution in [1.29, 1.82) is 0 Å². The Kier molecular flexibility index (Phi) is 6.87. The number of hydrogen-bond acceptors (Lipinski definition) is 8. The molecule has 1 aromatic heterocycles. The molecule has 2 aromatic carbocycles. The first-order valence-corrected chi connectivity index (χ1v) is 12.9. The average Bonchev–Trinajstić information content (AvgIpc) is 3.46. The van der Waals surface area contributed by atoms with Gasteiger partial charge in [0.15, 0.2) is 5.13 Å². The van der Waals surface area contributed by atoms with E-state index in [1.165, 1.54) is 23.4 Å². The van der Waals surface area contributed by atoms with Crippen molar-refractivity contribution < 1.29 is 19.2 Å². The second-order valence-electron chi connectivity index (χ2n) is 9.17. The first-order chi connectivity index (χ1) is 18.3. The molecule has 5 amide bonds. The van der Waals surface area contributed by atoms with Crippen molar-refractivity contribution in [1.82, 2.24) is 30.1 Å². The largest absolute Gasteiger partial charge is 0.375 e. The highest BCUT2D eigenvalue weighted by atomic mass is 32.1. The highest BCUT2D eigenvalue weighted by Crippen LogP contribution is 2.32. The normalized spacial score (nSPS) is 19.5. The van der Waals surface area contributed by atoms with Crippen molar-refractivity contribution >= 4 is 56.6 Å². The lowest BCUT2D eigenvalue weighted by Crippen LogP contribution is -2.65. The zero-order chi connectivity index (χ0) is 27.0. The van der Waals surface area contributed by atoms with E-state index >= 15 is 0 Å². The Morgan fingerprint density at radius 1 is 1.24 bits per heavy atom. The number of nitrogen functional groups attached to an aromatic ring is 1. The summed E-state index contributed by atoms with van der Waals surface area (Å²) < 4.78 is 0.934. The number of carbonyl (C=O) groups excluding carboxylic acids is 4. The van der Waals surface area contributed by atoms with Crippen LogP contribution < -0.4 is 16.4 Å². The summed E-state index contributed by atoms with van der Waals surface area (Å²) in [5.74, 6) is -0.410. The molecule has 0 aliphatic carbocycles. The van der Waals surface area contributed by atoms with Gasteiger partial charge in [-0.15, -0.1) is 0 Å². The predicted octanol–water partition coefficient (Wildman–Crippen LogP) is 1.06. The third kappa shape index (κ3) is 4.61. The summed E-state index contributed by atoms with van der Waals surface area (Å²) in [5.41, 5.74) is 9.02. The van der Waals surface area contributed by atoms with Crippen molar-refractivity contribution in [2.75, 3.05) is 38.2 Å². The maximum Gasteiger partial charge on any atom is 0.331 e. The molecule has 3 aromatic rings. The summed E-state index contributed by atoms with van der Waals surface area (Å²) in [5, 5.41) is 8.70. The first kappa shape index (κ1) is 25.4. The van der Waals surface area contributed by atoms with Gasteiger partial charge in [-0.05, 0) is 29.3 Å². The summed E-state index contributed by atoms with van der Waals surface area (Å²) in [6.45, 7) is 0.487. The number of carbonyl (C=O) groups is 4. The number of benzene rings is 2. The molecule has 0 unspecified atom stereocenters. The Bertz CT molecular complexity index is 1390. The van der Waals surface area contributed by atoms with Crippen LogP contribution >= 0.6 is 11.3 Å². The highest BCUT2D eigenvalue weighted by molar-refractivity contribution is 7.22. The van der Waals surface area contributed by atoms with E-state index < -0.39 is 12.2 Å². The molecule has 2 aliphatic rings. The van der Waals surface area contributed by atoms with E-state index in [0.29, 0.717) is 17.2 Å². The Morgan fingerprint density at radius 2 is 2.00 bits per heavy atom. The molecular weight excluding hydrogens is 508 g/mol. The molecule has 2 atom stereocenters. The Hall–Kier alpha value is -4.23. The number of anilines is 2. The van der Waals surface area contributed by atoms with Crippen molar-refractivity contribution in [3.8, 4) is 0 Å². The van der Waals surface area contributed by atoms with Gasteiger partial charge in [-0.2, -0.15) is 5.01 Å². The van der Waals surface area contributed by atoms with Crippen LogP contribution in [0.1, 0.15) is 11.1 Å². The van der Waals surface area contributed by atoms with E-state index in [-0.39, 0.29) is 43.9 Å². The van der Waals surface area contributed by atoms with Crippen LogP contribution in [0.25, 0.3) is 10.2 Å². The van der Waals surface area contributed by atoms with Crippen molar-refractivity contribution in [3.05, 3.63) is 53.6 Å². The zero-order valence-corrected chi connectivity index (χ0v) is 21.8. The predicted molar refractivity (Wildman–Crippen MR) is 143 cm³/mol. The molecule has 12 nitrogen and oxygen atoms in total. The fraction of sp³-hybridized carbons (Fsp3) is 0.320. The van der Waals surface area contributed by atoms with E-state index in [1.54, 1.807) is 34.0 Å². The number of para-hydroxylation sites is 1. The smallest absolute Gasteiger partial charge is 0.331 e. The third-order valence-electron chi connectivity index (χ3n) is 6.95. The van der Waals surface area contributed by atoms with Gasteiger partial charge in [0.05, 0.1) is 23.3 Å². The van der Waals surface area contributed by atoms with Crippen LogP contribution in [0, 0.1) is 0 Å². The molecule has 2 fully saturated rings. The zero-order valence-electron chi connectivity index (χ0n) is 21.0. The number of nitrogens with zero attached hydrogens (tertiary/aromatic N) is 5. The van der Waals surface area contributed by atoms with E-state index in [0.717, 1.165) is 21.3 Å². The summed E-state index contributed by atoms with van der Waals surface area (Å²) in [6.07, 6.45) is 0.354. The van der Waals surface area contributed by atoms with Crippen LogP contribution in [0.15, 0.2) is 42.5 Å². The molecule has 0 saturated carbocycles. The van der Waals surface area contributed by atoms with E-state index in [1.807, 2.05) is 30.3 Å². The quantitative estimate of drug-likeness (QED) is 0.383. The van der Waals surface area contributed by atoms with Gasteiger partial charge in [0.25, 0.3) is 0 Å². The molecule has 5 rings (SSSR count). The number of aromatic nitrogens is 1. The maximum absolute atomic E-state index is 13.9. The van der Waals surface area contributed by atoms with Gasteiger partial charge in [0.1, 0.15) is 12.2 Å². The SMILES string of the molecule is CNC(=O)N(C)N1CC(=O)N2[C@@H](Cc3ccc(NC=O)cc3)C(=O)N(Cc3cccc4sc(N)nc34)C[C@@H]21. The van der Waals surface area contributed by atoms with Gasteiger partial charge in [0.2, 0.25) is 18.2 Å². The fourth-order valence-electron chi connectivity index (χ4n) is 5.11. The molecule has 198 valence electrons. The van der Waals surface area contributed by atoms with Gasteiger partial charge in [-0.25, -0.2) is 9.78 Å². The number of fused-ring (bicyclic) bond motifs is 2. The molecule has 13 heteroatoms. The molecule has 3 heterocycles. The Morgan fingerprint density at radius 3 is 2.71 bits per heavy atom. The van der Waals surface area contributed by atoms with Crippen LogP contribution in [-0.4, -0.2) is 88.4 Å². The lowest BCUT2D eigenvalue weighted by molar-refractivity contribution is -0.157. The summed E-state index contributed by atoms with van der Waals surface area (Å²) in [4.78, 5) is 58.1. The molecule has 0 bridgehead atoms. The van der Waals surface area contributed by atoms with Crippen LogP contribution in [0.3, 0.4) is 0 Å². The number of amides is 5. The molecule has 2 saturated heterocycles. The topological polar surface area (TPSA) is 144 Å². The second kappa shape index (κ2) is 10.3. The van der Waals surface area contributed by atoms with Gasteiger partial charge in [0, 0.05) is 32.7 Å². The number of nitrogens with one attached hydrogen (secondary N) is 2. The molecule has 0 radical (unpaired) electrons. The van der Waals surface area contributed by atoms with Crippen molar-refractivity contribution in [2.45, 2.75) is 25.2 Å². The van der Waals surface area contributed by atoms with Gasteiger partial charge in [-0.1, -0.05) is 35.6 Å². The van der Waals surface area contributed by atoms with Crippen LogP contribution in [0.5, 0.6) is 0 Å². The second-order valence-corrected chi connectivity index (χ2v) is 10.2. The minimum absolute atomic E-state index is 0.0212. The highest BCUT2D eigenvalue weighted by Gasteiger charge is 2.51. The molecule has 2 aliphatic heterocycles. The number of hydrogen-bond donors (Lipinski definition) is 3. The maximum atomic E-state index is 13.9. The number of urea groups is 1. The van der Waals surface area contributed by atoms with Crippen LogP contribution in [-0.2, 0) is 27.3 Å². The number of hydrazine groups is 1. The van der Waals surface area contributed by atoms with E-state index in [2.05, 4.69) is 15.6 Å². The van der Waals surface area contributed by atoms with Gasteiger partial charge in [-0.3, -0.25) is 19.4 Å². The van der Waals surface area contributed by atoms with Gasteiger partial charge >= 0.3 is 6.03 Å². The summed E-state index contributed by atoms with van der Waals surface area (Å²) in [7, 11) is 3.13. The molecule has 0 spiro atoms. The Balaban J connectivity index is 1.49. The van der Waals surface area contributed by atoms with Crippen LogP contribution in [0.2, 0.25) is 0 Å². The molecule has 4 N–H and O–H groups in total. The van der Waals surface area contributed by atoms with E-state index in [9.17, 15) is 19.2 Å². The van der Waals surface area contributed by atoms with Crippen LogP contribution in [0.4, 0.5) is 15.6 Å². The molecular formula is C25H28N8O4S. The average molecular weight is 537 g/mol. The standard InChI is InChI=1S/C25H28N8O4S/c1-27-25(37)30(2)32-13-21(35)33-18(10-15-6-8-17(9-7-15)28-14-34)23(36)31(12-20(32)33)11-16-4-3-5-19-22(16)29-24(26)38-19/h3-9,14,18,20H,10-13H2,1-2H3,(H2,26,29)(H,27,37)(H,28,34)/t18-,20+/m0/s1. The first-order valence-electron chi connectivity index (χ1n) is 12.1. The Labute approximate surface area is 222 Å². The number of thiazole rings is 1. The van der Waals surface area contributed by atoms with Crippen molar-refractivity contribution in [2.24, 2.45) is 0 Å². The monoisotopic (exact) mass is 536 g/mol. The summed E-state index contributed by atoms with van der Waals surface area (Å²) >= 11 is 1.39. The summed E-state index contributed by atoms with van der Waals surface area (Å²) in [6, 6.07) is 11.8. The minimum Gasteiger partial charge on any atom is -0.375 e. The van der Waals surface area contributed by atoms with Crippen molar-refractivity contribution in [3.63, 3.8) is 0 Å². The fourth-order valence-corrected chi connectivity index (χ4v) is 5.90. The number of nitrogens with two attached hydrogens (primary N) is 1. The van der Waals surface area contributed by atoms with E-state index in [4.69, 9.17) is 5.73 Å². The minimum atomic E-state index is -0.770. The lowest BCUT2D eigenvalue weighted by Gasteiger charge is -2.45.